The number of aliphatic hydroxyl groups is 2. The molecule has 5 aliphatic heterocycles. The molecule has 9 heterocycles. The summed E-state index contributed by atoms with van der Waals surface area (Å²) in [4.78, 5) is 73.5. The van der Waals surface area contributed by atoms with Gasteiger partial charge in [-0.3, -0.25) is 9.32 Å². The molecule has 3 aromatic carbocycles. The van der Waals surface area contributed by atoms with E-state index >= 15 is 0 Å². The number of anilines is 7. The number of nitrogens with one attached hydrogen (secondary N) is 3. The topological polar surface area (TPSA) is 355 Å². The third kappa shape index (κ3) is 20.3. The first-order valence-corrected chi connectivity index (χ1v) is 43.0. The monoisotopic (exact) mass is 1570 g/mol. The maximum absolute atomic E-state index is 13.3. The van der Waals surface area contributed by atoms with Crippen molar-refractivity contribution in [1.29, 1.82) is 0 Å². The zero-order valence-corrected chi connectivity index (χ0v) is 67.4. The Hall–Kier alpha value is -6.42. The van der Waals surface area contributed by atoms with Gasteiger partial charge in [-0.2, -0.15) is 8.62 Å². The van der Waals surface area contributed by atoms with Crippen molar-refractivity contribution in [3.63, 3.8) is 0 Å². The van der Waals surface area contributed by atoms with Crippen LogP contribution in [-0.4, -0.2) is 156 Å². The van der Waals surface area contributed by atoms with Crippen LogP contribution in [0.1, 0.15) is 175 Å². The second-order valence-electron chi connectivity index (χ2n) is 27.7. The predicted octanol–water partition coefficient (Wildman–Crippen LogP) is 11.9. The third-order valence-electron chi connectivity index (χ3n) is 19.7. The summed E-state index contributed by atoms with van der Waals surface area (Å²) in [6.07, 6.45) is 3.58. The molecule has 3 saturated heterocycles. The first-order chi connectivity index (χ1) is 51.3. The molecule has 5 aliphatic rings. The van der Waals surface area contributed by atoms with Gasteiger partial charge in [0.25, 0.3) is 14.1 Å². The SMILES string of the molecule is C=c1nc2c(cc1[C@H]1C[C@@H](O)[C@@H](CC)O1)=Cc1ccc(N(CC)CC)cc1N2.C=c1nc2c(cc1[C@H]1C[C@@H](O)[C@@H](COP(=O)(O)OP(=O)(O)OP(=O)(O)O)O1)=Cc1ccc(N(CC)CC)cc1N2.CCCOP(O[C@@H]1C[C@H](c2cc3cc4ccc(N(CC)CC)cc4nc3[nH]c2=O)O[C@@H]1CC)N(C(C)C)C(C)C. The summed E-state index contributed by atoms with van der Waals surface area (Å²) in [6, 6.07) is 27.5. The largest absolute Gasteiger partial charge is 0.490 e. The molecule has 12 atom stereocenters. The summed E-state index contributed by atoms with van der Waals surface area (Å²) in [5, 5.41) is 32.3. The third-order valence-corrected chi connectivity index (χ3v) is 25.7. The lowest BCUT2D eigenvalue weighted by atomic mass is 10.0. The zero-order chi connectivity index (χ0) is 78.3. The van der Waals surface area contributed by atoms with Crippen molar-refractivity contribution in [3.8, 4) is 0 Å². The number of benzene rings is 3. The fourth-order valence-electron chi connectivity index (χ4n) is 14.3. The fourth-order valence-corrected chi connectivity index (χ4v) is 19.2. The molecule has 0 radical (unpaired) electrons. The van der Waals surface area contributed by atoms with Gasteiger partial charge in [0.2, 0.25) is 0 Å². The molecule has 7 aromatic rings. The van der Waals surface area contributed by atoms with Gasteiger partial charge in [-0.25, -0.2) is 33.3 Å². The summed E-state index contributed by atoms with van der Waals surface area (Å²) < 4.78 is 79.8. The van der Waals surface area contributed by atoms with E-state index in [2.05, 4.69) is 210 Å². The normalized spacial score (nSPS) is 22.1. The highest BCUT2D eigenvalue weighted by Crippen LogP contribution is 2.66. The number of phosphoric acid groups is 3. The highest BCUT2D eigenvalue weighted by Gasteiger charge is 2.45. The van der Waals surface area contributed by atoms with E-state index < -0.39 is 63.0 Å². The molecule has 9 N–H and O–H groups in total. The van der Waals surface area contributed by atoms with Crippen molar-refractivity contribution in [1.82, 2.24) is 24.6 Å². The summed E-state index contributed by atoms with van der Waals surface area (Å²) in [5.74, 6) is 1.42. The van der Waals surface area contributed by atoms with Crippen LogP contribution >= 0.6 is 32.0 Å². The van der Waals surface area contributed by atoms with Crippen molar-refractivity contribution in [2.75, 3.05) is 77.8 Å². The summed E-state index contributed by atoms with van der Waals surface area (Å²) in [7, 11) is -17.8. The van der Waals surface area contributed by atoms with Gasteiger partial charge < -0.3 is 83.4 Å². The lowest BCUT2D eigenvalue weighted by Crippen LogP contribution is -2.35. The number of fused-ring (bicyclic) bond motifs is 6. The minimum atomic E-state index is -5.66. The van der Waals surface area contributed by atoms with E-state index in [0.29, 0.717) is 52.7 Å². The second kappa shape index (κ2) is 36.4. The second-order valence-corrected chi connectivity index (χ2v) is 33.5. The molecule has 0 aliphatic carbocycles. The van der Waals surface area contributed by atoms with Crippen molar-refractivity contribution in [2.24, 2.45) is 0 Å². The highest BCUT2D eigenvalue weighted by atomic mass is 31.3. The van der Waals surface area contributed by atoms with Crippen LogP contribution in [0.5, 0.6) is 0 Å². The van der Waals surface area contributed by atoms with Gasteiger partial charge >= 0.3 is 23.5 Å². The number of ether oxygens (including phenoxy) is 3. The van der Waals surface area contributed by atoms with Crippen LogP contribution in [-0.2, 0) is 50.1 Å². The van der Waals surface area contributed by atoms with Crippen molar-refractivity contribution in [3.05, 3.63) is 138 Å². The van der Waals surface area contributed by atoms with Crippen LogP contribution in [0.15, 0.2) is 83.7 Å². The Bertz CT molecular complexity index is 4770. The number of H-pyrrole nitrogens is 1. The molecule has 588 valence electrons. The standard InChI is InChI=1S/C31H47N4O4P.C23H29N3O2.C22H30N3O12P3/c1-9-15-37-40(35(20(5)6)21(7)8)39-29-19-28(38-27(29)10-2)25-17-23-16-22-13-14-24(34(11-3)12-4)18-26(22)32-30(23)33-31(25)36;1-5-21-20(27)13-22(28-21)18-11-16-10-15-8-9-17(26(6-2)7-3)12-19(15)25-23(16)24-14(18)4;1-4-25(5-2)16-7-6-14-8-15-9-17(13(3)23-22(15)24-18(14)10-16)20-11-19(26)21(35-20)12-34-39(30,31)37-40(32,33)36-38(27,28)29/h13-14,16-18,20-21,27-29H,9-12,15,19H2,1-8H3,(H,32,33,36);8-12,20-22,27H,4-7,13H2,1-3H3,(H,24,25);6-10,19-21,26H,3-5,11-12H2,1-2H3,(H,23,24)(H,30,31)(H,32,33)(H2,27,28,29)/t27-,28-,29-,40?;20-,21-,22-;19-,20-,21-/m111/s1. The Balaban J connectivity index is 0.000000176. The van der Waals surface area contributed by atoms with E-state index in [4.69, 9.17) is 43.0 Å². The fraction of sp³-hybridized carbons (Fsp3) is 0.500. The van der Waals surface area contributed by atoms with Crippen LogP contribution in [0.25, 0.3) is 47.2 Å². The Morgan fingerprint density at radius 2 is 1.06 bits per heavy atom. The Labute approximate surface area is 632 Å². The molecule has 108 heavy (non-hydrogen) atoms. The molecular formula is C76H106N10O18P4. The quantitative estimate of drug-likeness (QED) is 0.0155. The van der Waals surface area contributed by atoms with Gasteiger partial charge in [-0.1, -0.05) is 52.1 Å². The number of hydrogen-bond donors (Lipinski definition) is 9. The predicted molar refractivity (Wildman–Crippen MR) is 424 cm³/mol. The van der Waals surface area contributed by atoms with Crippen LogP contribution in [0, 0.1) is 0 Å². The first kappa shape index (κ1) is 84.0. The first-order valence-electron chi connectivity index (χ1n) is 37.3. The molecule has 3 unspecified atom stereocenters. The van der Waals surface area contributed by atoms with Gasteiger partial charge in [-0.15, -0.1) is 0 Å². The number of aromatic amines is 1. The minimum Gasteiger partial charge on any atom is -0.390 e. The van der Waals surface area contributed by atoms with Gasteiger partial charge in [0.1, 0.15) is 23.4 Å². The molecule has 0 bridgehead atoms. The maximum atomic E-state index is 13.3. The van der Waals surface area contributed by atoms with Crippen LogP contribution < -0.4 is 52.0 Å². The maximum Gasteiger partial charge on any atom is 0.490 e. The summed E-state index contributed by atoms with van der Waals surface area (Å²) in [5.41, 5.74) is 11.0. The van der Waals surface area contributed by atoms with E-state index in [-0.39, 0.29) is 54.6 Å². The van der Waals surface area contributed by atoms with Gasteiger partial charge in [0.15, 0.2) is 0 Å². The number of nitrogens with zero attached hydrogens (tertiary/aromatic N) is 7. The van der Waals surface area contributed by atoms with Crippen molar-refractivity contribution >= 4 is 119 Å². The molecule has 28 nitrogen and oxygen atoms in total. The number of aliphatic hydroxyl groups excluding tert-OH is 2. The van der Waals surface area contributed by atoms with Gasteiger partial charge in [-0.05, 0) is 172 Å². The number of pyridine rings is 4. The van der Waals surface area contributed by atoms with Crippen molar-refractivity contribution in [2.45, 2.75) is 196 Å². The highest BCUT2D eigenvalue weighted by molar-refractivity contribution is 7.66. The lowest BCUT2D eigenvalue weighted by Gasteiger charge is -2.37. The smallest absolute Gasteiger partial charge is 0.390 e. The van der Waals surface area contributed by atoms with E-state index in [1.807, 2.05) is 37.3 Å². The van der Waals surface area contributed by atoms with Gasteiger partial charge in [0.05, 0.1) is 78.3 Å². The zero-order valence-electron chi connectivity index (χ0n) is 63.8. The number of phosphoric ester groups is 1. The van der Waals surface area contributed by atoms with E-state index in [9.17, 15) is 38.5 Å². The number of rotatable bonds is 29. The molecular weight excluding hydrogens is 1460 g/mol. The average molecular weight is 1570 g/mol. The van der Waals surface area contributed by atoms with Crippen LogP contribution in [0.4, 0.5) is 40.1 Å². The molecule has 3 fully saturated rings. The minimum absolute atomic E-state index is 0.0602. The van der Waals surface area contributed by atoms with Crippen molar-refractivity contribution < 1.29 is 79.9 Å². The number of aromatic nitrogens is 4. The molecule has 0 amide bonds. The molecule has 12 rings (SSSR count). The van der Waals surface area contributed by atoms with Gasteiger partial charge in [0, 0.05) is 137 Å². The molecule has 4 aromatic heterocycles. The summed E-state index contributed by atoms with van der Waals surface area (Å²) >= 11 is 0. The van der Waals surface area contributed by atoms with Crippen LogP contribution in [0.3, 0.4) is 0 Å². The average Bonchev–Trinajstić information content (AvgIpc) is 1.18. The van der Waals surface area contributed by atoms with E-state index in [1.54, 1.807) is 0 Å². The summed E-state index contributed by atoms with van der Waals surface area (Å²) in [6.45, 7) is 41.4. The molecule has 0 spiro atoms. The van der Waals surface area contributed by atoms with E-state index in [0.717, 1.165) is 131 Å². The molecule has 0 saturated carbocycles. The molecule has 32 heteroatoms. The Kier molecular flexibility index (Phi) is 28.3. The Morgan fingerprint density at radius 3 is 1.54 bits per heavy atom. The van der Waals surface area contributed by atoms with Crippen LogP contribution in [0.2, 0.25) is 0 Å². The lowest BCUT2D eigenvalue weighted by molar-refractivity contribution is -0.0223. The Morgan fingerprint density at radius 1 is 0.574 bits per heavy atom. The van der Waals surface area contributed by atoms with E-state index in [1.165, 1.54) is 5.69 Å². The number of hydrogen-bond acceptors (Lipinski definition) is 23.